The Bertz CT molecular complexity index is 651. The number of phenolic OH excluding ortho intramolecular Hbond substituents is 3. The van der Waals surface area contributed by atoms with Gasteiger partial charge in [0.2, 0.25) is 0 Å². The molecule has 0 radical (unpaired) electrons. The molecule has 0 spiro atoms. The van der Waals surface area contributed by atoms with E-state index in [0.29, 0.717) is 14.7 Å². The minimum Gasteiger partial charge on any atom is -0.507 e. The summed E-state index contributed by atoms with van der Waals surface area (Å²) in [7, 11) is -2.62. The smallest absolute Gasteiger partial charge is 0.324 e. The Kier molecular flexibility index (Phi) is 14.5. The third kappa shape index (κ3) is 13.6. The lowest BCUT2D eigenvalue weighted by molar-refractivity contribution is 0.368. The number of rotatable bonds is 0. The molecule has 0 aromatic heterocycles. The monoisotopic (exact) mass is 460 g/mol. The minimum absolute atomic E-state index is 0.232. The zero-order chi connectivity index (χ0) is 21.5. The molecule has 3 aromatic rings. The highest BCUT2D eigenvalue weighted by Crippen LogP contribution is 2.19. The van der Waals surface area contributed by atoms with Crippen LogP contribution >= 0.6 is 46.5 Å². The van der Waals surface area contributed by atoms with Crippen molar-refractivity contribution in [1.29, 1.82) is 0 Å². The second-order valence-electron chi connectivity index (χ2n) is 4.73. The Balaban J connectivity index is 0.000000358. The maximum absolute atomic E-state index is 8.84. The number of hydrogen-bond acceptors (Lipinski definition) is 9. The molecule has 0 amide bonds. The zero-order valence-corrected chi connectivity index (χ0v) is 18.0. The van der Waals surface area contributed by atoms with Gasteiger partial charge in [-0.3, -0.25) is 0 Å². The molecule has 0 atom stereocenters. The Morgan fingerprint density at radius 3 is 0.750 bits per heavy atom. The molecule has 0 aliphatic carbocycles. The van der Waals surface area contributed by atoms with E-state index in [-0.39, 0.29) is 17.2 Å². The van der Waals surface area contributed by atoms with Gasteiger partial charge in [0, 0.05) is 14.7 Å². The van der Waals surface area contributed by atoms with Crippen molar-refractivity contribution in [2.75, 3.05) is 0 Å². The molecule has 28 heavy (non-hydrogen) atoms. The van der Waals surface area contributed by atoms with Gasteiger partial charge in [-0.05, 0) is 36.4 Å². The molecule has 0 saturated heterocycles. The number of phenols is 3. The van der Waals surface area contributed by atoms with Crippen LogP contribution in [0, 0.1) is 0 Å². The van der Waals surface area contributed by atoms with E-state index in [2.05, 4.69) is 37.9 Å². The van der Waals surface area contributed by atoms with Crippen molar-refractivity contribution in [3.8, 4) is 17.2 Å². The van der Waals surface area contributed by atoms with E-state index in [0.717, 1.165) is 0 Å². The lowest BCUT2D eigenvalue weighted by Gasteiger charge is -1.91. The number of para-hydroxylation sites is 3. The molecule has 0 saturated carbocycles. The van der Waals surface area contributed by atoms with Gasteiger partial charge in [-0.2, -0.15) is 0 Å². The van der Waals surface area contributed by atoms with Crippen molar-refractivity contribution in [3.05, 3.63) is 72.8 Å². The van der Waals surface area contributed by atoms with E-state index in [1.807, 2.05) is 18.2 Å². The third-order valence-electron chi connectivity index (χ3n) is 2.65. The van der Waals surface area contributed by atoms with Crippen LogP contribution in [0.1, 0.15) is 0 Å². The molecule has 0 unspecified atom stereocenters. The number of aromatic hydroxyl groups is 3. The van der Waals surface area contributed by atoms with Gasteiger partial charge in [0.1, 0.15) is 17.2 Å². The molecule has 0 bridgehead atoms. The van der Waals surface area contributed by atoms with Crippen molar-refractivity contribution in [3.63, 3.8) is 0 Å². The van der Waals surface area contributed by atoms with E-state index < -0.39 is 8.60 Å². The van der Waals surface area contributed by atoms with Gasteiger partial charge in [-0.15, -0.1) is 37.9 Å². The third-order valence-corrected chi connectivity index (χ3v) is 3.78. The maximum atomic E-state index is 8.84. The molecule has 0 aliphatic rings. The lowest BCUT2D eigenvalue weighted by atomic mass is 10.3. The first-order valence-electron chi connectivity index (χ1n) is 7.42. The van der Waals surface area contributed by atoms with Crippen molar-refractivity contribution in [1.82, 2.24) is 0 Å². The molecule has 0 fully saturated rings. The van der Waals surface area contributed by atoms with Crippen molar-refractivity contribution >= 4 is 46.5 Å². The fourth-order valence-corrected chi connectivity index (χ4v) is 1.87. The summed E-state index contributed by atoms with van der Waals surface area (Å²) in [6, 6.07) is 20.7. The minimum atomic E-state index is -2.62. The highest BCUT2D eigenvalue weighted by atomic mass is 32.1. The van der Waals surface area contributed by atoms with Crippen molar-refractivity contribution in [2.45, 2.75) is 14.7 Å². The second kappa shape index (κ2) is 15.4. The topological polar surface area (TPSA) is 121 Å². The summed E-state index contributed by atoms with van der Waals surface area (Å²) in [6.45, 7) is 0. The van der Waals surface area contributed by atoms with Gasteiger partial charge in [0.15, 0.2) is 0 Å². The zero-order valence-electron chi connectivity index (χ0n) is 14.4. The van der Waals surface area contributed by atoms with Gasteiger partial charge in [-0.25, -0.2) is 0 Å². The van der Waals surface area contributed by atoms with Gasteiger partial charge in [0.05, 0.1) is 0 Å². The summed E-state index contributed by atoms with van der Waals surface area (Å²) >= 11 is 11.8. The predicted molar refractivity (Wildman–Crippen MR) is 120 cm³/mol. The summed E-state index contributed by atoms with van der Waals surface area (Å²) in [5.41, 5.74) is 0. The summed E-state index contributed by atoms with van der Waals surface area (Å²) in [4.78, 5) is 23.5. The molecule has 0 heterocycles. The van der Waals surface area contributed by atoms with Crippen LogP contribution in [0.25, 0.3) is 0 Å². The molecule has 3 rings (SSSR count). The molecule has 3 aromatic carbocycles. The molecule has 10 heteroatoms. The summed E-state index contributed by atoms with van der Waals surface area (Å²) in [5.74, 6) is 0.697. The van der Waals surface area contributed by atoms with Gasteiger partial charge >= 0.3 is 8.60 Å². The Morgan fingerprint density at radius 2 is 0.643 bits per heavy atom. The molecular formula is C18H21O6PS3. The fourth-order valence-electron chi connectivity index (χ4n) is 1.39. The van der Waals surface area contributed by atoms with Crippen LogP contribution in [-0.2, 0) is 0 Å². The van der Waals surface area contributed by atoms with E-state index in [1.165, 1.54) is 0 Å². The first kappa shape index (κ1) is 26.4. The fraction of sp³-hybridized carbons (Fsp3) is 0. The van der Waals surface area contributed by atoms with Gasteiger partial charge in [-0.1, -0.05) is 36.4 Å². The second-order valence-corrected chi connectivity index (χ2v) is 6.72. The molecule has 0 aliphatic heterocycles. The van der Waals surface area contributed by atoms with Crippen LogP contribution in [0.3, 0.4) is 0 Å². The molecule has 6 nitrogen and oxygen atoms in total. The predicted octanol–water partition coefficient (Wildman–Crippen LogP) is 4.23. The highest BCUT2D eigenvalue weighted by molar-refractivity contribution is 7.80. The molecule has 152 valence electrons. The molecular weight excluding hydrogens is 439 g/mol. The van der Waals surface area contributed by atoms with Crippen LogP contribution in [-0.4, -0.2) is 30.0 Å². The van der Waals surface area contributed by atoms with E-state index in [4.69, 9.17) is 30.0 Å². The number of benzene rings is 3. The van der Waals surface area contributed by atoms with E-state index in [9.17, 15) is 0 Å². The SMILES string of the molecule is OP(O)O.Oc1ccccc1S.Oc1ccccc1S.Oc1ccccc1S. The Hall–Kier alpha value is -1.58. The summed E-state index contributed by atoms with van der Waals surface area (Å²) < 4.78 is 0. The summed E-state index contributed by atoms with van der Waals surface area (Å²) in [6.07, 6.45) is 0. The Morgan fingerprint density at radius 1 is 0.464 bits per heavy atom. The van der Waals surface area contributed by atoms with E-state index >= 15 is 0 Å². The normalized spacial score (nSPS) is 9.11. The van der Waals surface area contributed by atoms with Crippen LogP contribution in [0.2, 0.25) is 0 Å². The highest BCUT2D eigenvalue weighted by Gasteiger charge is 1.89. The number of hydrogen-bond donors (Lipinski definition) is 9. The maximum Gasteiger partial charge on any atom is 0.324 e. The quantitative estimate of drug-likeness (QED) is 0.183. The van der Waals surface area contributed by atoms with Crippen molar-refractivity contribution in [2.24, 2.45) is 0 Å². The van der Waals surface area contributed by atoms with E-state index in [1.54, 1.807) is 54.6 Å². The average Bonchev–Trinajstić information content (AvgIpc) is 2.63. The summed E-state index contributed by atoms with van der Waals surface area (Å²) in [5, 5.41) is 26.5. The van der Waals surface area contributed by atoms with Crippen LogP contribution < -0.4 is 0 Å². The largest absolute Gasteiger partial charge is 0.507 e. The number of thiol groups is 3. The van der Waals surface area contributed by atoms with Gasteiger partial charge in [0.25, 0.3) is 0 Å². The lowest BCUT2D eigenvalue weighted by Crippen LogP contribution is -1.64. The van der Waals surface area contributed by atoms with Crippen molar-refractivity contribution < 1.29 is 30.0 Å². The average molecular weight is 461 g/mol. The van der Waals surface area contributed by atoms with Crippen LogP contribution in [0.5, 0.6) is 17.2 Å². The molecule has 6 N–H and O–H groups in total. The van der Waals surface area contributed by atoms with Crippen LogP contribution in [0.4, 0.5) is 0 Å². The first-order valence-corrected chi connectivity index (χ1v) is 9.97. The van der Waals surface area contributed by atoms with Crippen LogP contribution in [0.15, 0.2) is 87.5 Å². The van der Waals surface area contributed by atoms with Gasteiger partial charge < -0.3 is 30.0 Å². The standard InChI is InChI=1S/3C6H6OS.H3O3P/c3*7-5-3-1-2-4-6(5)8;1-4(2)3/h3*1-4,7-8H;1-3H. The first-order chi connectivity index (χ1) is 13.1. The Labute approximate surface area is 181 Å².